The van der Waals surface area contributed by atoms with E-state index >= 15 is 0 Å². The summed E-state index contributed by atoms with van der Waals surface area (Å²) >= 11 is 0. The number of hydrogen-bond donors (Lipinski definition) is 0. The van der Waals surface area contributed by atoms with Gasteiger partial charge in [0.05, 0.1) is 26.1 Å². The number of rotatable bonds is 5. The lowest BCUT2D eigenvalue weighted by atomic mass is 9.51. The van der Waals surface area contributed by atoms with Crippen LogP contribution in [0.25, 0.3) is 0 Å². The number of ether oxygens (including phenoxy) is 2. The van der Waals surface area contributed by atoms with E-state index in [1.807, 2.05) is 6.92 Å². The van der Waals surface area contributed by atoms with Crippen LogP contribution in [0.1, 0.15) is 33.6 Å². The largest absolute Gasteiger partial charge is 0.348 e. The molecule has 2 fully saturated rings. The third kappa shape index (κ3) is 3.12. The molecule has 1 saturated carbocycles. The second-order valence-corrected chi connectivity index (χ2v) is 7.98. The average molecular weight is 292 g/mol. The molecule has 6 heteroatoms. The van der Waals surface area contributed by atoms with Crippen molar-refractivity contribution < 1.29 is 22.1 Å². The Morgan fingerprint density at radius 1 is 1.21 bits per heavy atom. The third-order valence-electron chi connectivity index (χ3n) is 4.73. The fourth-order valence-corrected chi connectivity index (χ4v) is 3.87. The summed E-state index contributed by atoms with van der Waals surface area (Å²) in [7, 11) is -3.33. The first-order valence-electron chi connectivity index (χ1n) is 6.77. The zero-order chi connectivity index (χ0) is 14.3. The lowest BCUT2D eigenvalue weighted by Crippen LogP contribution is -2.56. The molecule has 0 aromatic heterocycles. The van der Waals surface area contributed by atoms with Crippen LogP contribution in [0.15, 0.2) is 0 Å². The van der Waals surface area contributed by atoms with Crippen molar-refractivity contribution in [1.29, 1.82) is 0 Å². The van der Waals surface area contributed by atoms with Gasteiger partial charge in [0.1, 0.15) is 0 Å². The van der Waals surface area contributed by atoms with Crippen LogP contribution < -0.4 is 0 Å². The highest BCUT2D eigenvalue weighted by Crippen LogP contribution is 2.58. The molecule has 19 heavy (non-hydrogen) atoms. The van der Waals surface area contributed by atoms with E-state index in [4.69, 9.17) is 13.7 Å². The molecule has 1 aliphatic heterocycles. The fourth-order valence-electron chi connectivity index (χ4n) is 3.47. The summed E-state index contributed by atoms with van der Waals surface area (Å²) < 4.78 is 38.2. The molecule has 0 spiro atoms. The monoisotopic (exact) mass is 292 g/mol. The van der Waals surface area contributed by atoms with Crippen LogP contribution in [0.3, 0.4) is 0 Å². The molecule has 2 rings (SSSR count). The molecule has 112 valence electrons. The zero-order valence-corrected chi connectivity index (χ0v) is 13.0. The van der Waals surface area contributed by atoms with Gasteiger partial charge in [-0.25, -0.2) is 0 Å². The van der Waals surface area contributed by atoms with Gasteiger partial charge in [0.2, 0.25) is 0 Å². The highest BCUT2D eigenvalue weighted by molar-refractivity contribution is 7.85. The lowest BCUT2D eigenvalue weighted by Gasteiger charge is -2.57. The van der Waals surface area contributed by atoms with Gasteiger partial charge in [0.15, 0.2) is 5.79 Å². The molecule has 0 unspecified atom stereocenters. The average Bonchev–Trinajstić information content (AvgIpc) is 2.68. The Hall–Kier alpha value is -0.170. The van der Waals surface area contributed by atoms with Gasteiger partial charge in [-0.2, -0.15) is 8.42 Å². The van der Waals surface area contributed by atoms with Crippen LogP contribution in [0.4, 0.5) is 0 Å². The molecule has 0 N–H and O–H groups in total. The van der Waals surface area contributed by atoms with Crippen LogP contribution >= 0.6 is 0 Å². The van der Waals surface area contributed by atoms with Crippen LogP contribution in [-0.4, -0.2) is 40.3 Å². The SMILES string of the molecule is CC1([C@@H]2C[C@H](CCOS(C)(=O)=O)C2(C)C)OCCO1. The fraction of sp³-hybridized carbons (Fsp3) is 1.00. The molecule has 1 saturated heterocycles. The summed E-state index contributed by atoms with van der Waals surface area (Å²) in [6.07, 6.45) is 2.84. The maximum atomic E-state index is 10.9. The summed E-state index contributed by atoms with van der Waals surface area (Å²) in [5.74, 6) is 0.326. The summed E-state index contributed by atoms with van der Waals surface area (Å²) in [4.78, 5) is 0. The van der Waals surface area contributed by atoms with Gasteiger partial charge in [-0.05, 0) is 31.1 Å². The second kappa shape index (κ2) is 4.98. The molecule has 1 aliphatic carbocycles. The molecule has 2 aliphatic rings. The van der Waals surface area contributed by atoms with E-state index < -0.39 is 15.9 Å². The van der Waals surface area contributed by atoms with Gasteiger partial charge in [0.25, 0.3) is 10.1 Å². The van der Waals surface area contributed by atoms with Crippen molar-refractivity contribution in [3.8, 4) is 0 Å². The lowest BCUT2D eigenvalue weighted by molar-refractivity contribution is -0.254. The van der Waals surface area contributed by atoms with Gasteiger partial charge in [0, 0.05) is 5.92 Å². The molecule has 0 aromatic rings. The molecule has 0 bridgehead atoms. The molecule has 2 atom stereocenters. The zero-order valence-electron chi connectivity index (χ0n) is 12.1. The van der Waals surface area contributed by atoms with Crippen LogP contribution in [0, 0.1) is 17.3 Å². The van der Waals surface area contributed by atoms with Crippen molar-refractivity contribution in [3.05, 3.63) is 0 Å². The predicted octanol–water partition coefficient (Wildman–Crippen LogP) is 1.78. The summed E-state index contributed by atoms with van der Waals surface area (Å²) in [5, 5.41) is 0. The Kier molecular flexibility index (Phi) is 3.99. The predicted molar refractivity (Wildman–Crippen MR) is 71.1 cm³/mol. The number of hydrogen-bond acceptors (Lipinski definition) is 5. The van der Waals surface area contributed by atoms with E-state index in [9.17, 15) is 8.42 Å². The van der Waals surface area contributed by atoms with E-state index in [1.165, 1.54) is 0 Å². The summed E-state index contributed by atoms with van der Waals surface area (Å²) in [5.41, 5.74) is 0.0833. The minimum absolute atomic E-state index is 0.0833. The van der Waals surface area contributed by atoms with Crippen molar-refractivity contribution in [2.24, 2.45) is 17.3 Å². The van der Waals surface area contributed by atoms with Crippen molar-refractivity contribution in [2.45, 2.75) is 39.4 Å². The van der Waals surface area contributed by atoms with Gasteiger partial charge in [-0.1, -0.05) is 13.8 Å². The minimum Gasteiger partial charge on any atom is -0.348 e. The maximum absolute atomic E-state index is 10.9. The molecular weight excluding hydrogens is 268 g/mol. The quantitative estimate of drug-likeness (QED) is 0.723. The van der Waals surface area contributed by atoms with Crippen LogP contribution in [-0.2, 0) is 23.8 Å². The molecule has 0 amide bonds. The second-order valence-electron chi connectivity index (χ2n) is 6.33. The molecule has 1 heterocycles. The highest BCUT2D eigenvalue weighted by atomic mass is 32.2. The summed E-state index contributed by atoms with van der Waals surface area (Å²) in [6, 6.07) is 0. The van der Waals surface area contributed by atoms with Crippen LogP contribution in [0.5, 0.6) is 0 Å². The first kappa shape index (κ1) is 15.2. The van der Waals surface area contributed by atoms with Gasteiger partial charge >= 0.3 is 0 Å². The highest BCUT2D eigenvalue weighted by Gasteiger charge is 2.57. The Bertz CT molecular complexity index is 422. The molecule has 5 nitrogen and oxygen atoms in total. The first-order chi connectivity index (χ1) is 8.65. The van der Waals surface area contributed by atoms with Crippen molar-refractivity contribution in [1.82, 2.24) is 0 Å². The van der Waals surface area contributed by atoms with Crippen LogP contribution in [0.2, 0.25) is 0 Å². The van der Waals surface area contributed by atoms with E-state index in [-0.39, 0.29) is 12.0 Å². The molecular formula is C13H24O5S. The van der Waals surface area contributed by atoms with E-state index in [0.29, 0.717) is 25.0 Å². The Labute approximate surface area is 115 Å². The Balaban J connectivity index is 1.87. The first-order valence-corrected chi connectivity index (χ1v) is 8.59. The third-order valence-corrected chi connectivity index (χ3v) is 5.32. The Morgan fingerprint density at radius 3 is 2.26 bits per heavy atom. The molecule has 0 aromatic carbocycles. The molecule has 0 radical (unpaired) electrons. The summed E-state index contributed by atoms with van der Waals surface area (Å²) in [6.45, 7) is 7.98. The Morgan fingerprint density at radius 2 is 1.79 bits per heavy atom. The van der Waals surface area contributed by atoms with E-state index in [0.717, 1.165) is 19.1 Å². The standard InChI is InChI=1S/C13H24O5S/c1-12(2)10(5-6-18-19(4,14)15)9-11(12)13(3)16-7-8-17-13/h10-11H,5-9H2,1-4H3/t10-,11+/m0/s1. The van der Waals surface area contributed by atoms with Crippen molar-refractivity contribution in [2.75, 3.05) is 26.1 Å². The van der Waals surface area contributed by atoms with Gasteiger partial charge < -0.3 is 9.47 Å². The van der Waals surface area contributed by atoms with E-state index in [1.54, 1.807) is 0 Å². The maximum Gasteiger partial charge on any atom is 0.264 e. The van der Waals surface area contributed by atoms with E-state index in [2.05, 4.69) is 13.8 Å². The van der Waals surface area contributed by atoms with Crippen molar-refractivity contribution >= 4 is 10.1 Å². The smallest absolute Gasteiger partial charge is 0.264 e. The van der Waals surface area contributed by atoms with Crippen molar-refractivity contribution in [3.63, 3.8) is 0 Å². The van der Waals surface area contributed by atoms with Gasteiger partial charge in [-0.3, -0.25) is 4.18 Å². The normalized spacial score (nSPS) is 33.1. The minimum atomic E-state index is -3.33. The van der Waals surface area contributed by atoms with Gasteiger partial charge in [-0.15, -0.1) is 0 Å². The topological polar surface area (TPSA) is 61.8 Å².